The highest BCUT2D eigenvalue weighted by Crippen LogP contribution is 2.10. The Bertz CT molecular complexity index is 766. The van der Waals surface area contributed by atoms with E-state index in [-0.39, 0.29) is 17.6 Å². The fourth-order valence-corrected chi connectivity index (χ4v) is 2.42. The minimum atomic E-state index is -0.665. The molecule has 2 aromatic heterocycles. The van der Waals surface area contributed by atoms with Crippen LogP contribution in [-0.4, -0.2) is 52.6 Å². The van der Waals surface area contributed by atoms with E-state index in [9.17, 15) is 4.79 Å². The van der Waals surface area contributed by atoms with Crippen LogP contribution >= 0.6 is 0 Å². The molecule has 8 heteroatoms. The van der Waals surface area contributed by atoms with Crippen LogP contribution in [-0.2, 0) is 0 Å². The number of nitrogens with one attached hydrogen (secondary N) is 3. The number of piperidine rings is 1. The van der Waals surface area contributed by atoms with Crippen LogP contribution in [0, 0.1) is 5.41 Å². The van der Waals surface area contributed by atoms with Crippen LogP contribution in [0.3, 0.4) is 0 Å². The van der Waals surface area contributed by atoms with Crippen LogP contribution in [0.25, 0.3) is 10.9 Å². The molecule has 120 valence electrons. The van der Waals surface area contributed by atoms with E-state index in [0.29, 0.717) is 10.9 Å². The molecule has 3 N–H and O–H groups in total. The third-order valence-corrected chi connectivity index (χ3v) is 3.65. The maximum Gasteiger partial charge on any atom is 0.298 e. The Labute approximate surface area is 132 Å². The second-order valence-electron chi connectivity index (χ2n) is 5.29. The molecule has 8 nitrogen and oxygen atoms in total. The first-order valence-corrected chi connectivity index (χ1v) is 7.51. The molecule has 1 aliphatic rings. The minimum absolute atomic E-state index is 0.0563. The van der Waals surface area contributed by atoms with Crippen molar-refractivity contribution in [2.75, 3.05) is 13.1 Å². The van der Waals surface area contributed by atoms with Crippen LogP contribution in [0.4, 0.5) is 0 Å². The molecule has 1 fully saturated rings. The molecule has 23 heavy (non-hydrogen) atoms. The lowest BCUT2D eigenvalue weighted by molar-refractivity contribution is 0.308. The molecular weight excluding hydrogens is 296 g/mol. The van der Waals surface area contributed by atoms with E-state index < -0.39 is 6.10 Å². The van der Waals surface area contributed by atoms with Crippen LogP contribution in [0.2, 0.25) is 0 Å². The lowest BCUT2D eigenvalue weighted by Gasteiger charge is -2.19. The van der Waals surface area contributed by atoms with Gasteiger partial charge in [-0.1, -0.05) is 0 Å². The molecule has 0 aromatic carbocycles. The number of aliphatic imine (C=N–C) groups is 1. The van der Waals surface area contributed by atoms with Crippen LogP contribution < -0.4 is 15.6 Å². The van der Waals surface area contributed by atoms with Gasteiger partial charge in [0, 0.05) is 18.6 Å². The number of hydrogen-bond donors (Lipinski definition) is 3. The Hall–Kier alpha value is -2.61. The van der Waals surface area contributed by atoms with E-state index >= 15 is 0 Å². The highest BCUT2D eigenvalue weighted by molar-refractivity contribution is 5.85. The molecule has 0 amide bonds. The van der Waals surface area contributed by atoms with Crippen molar-refractivity contribution in [3.63, 3.8) is 0 Å². The van der Waals surface area contributed by atoms with Crippen LogP contribution in [0.1, 0.15) is 12.8 Å². The van der Waals surface area contributed by atoms with Crippen molar-refractivity contribution in [3.8, 4) is 6.01 Å². The molecule has 0 aliphatic carbocycles. The van der Waals surface area contributed by atoms with Crippen LogP contribution in [0.5, 0.6) is 6.01 Å². The van der Waals surface area contributed by atoms with Crippen molar-refractivity contribution in [2.24, 2.45) is 4.99 Å². The predicted molar refractivity (Wildman–Crippen MR) is 87.7 cm³/mol. The Kier molecular flexibility index (Phi) is 4.72. The van der Waals surface area contributed by atoms with Crippen molar-refractivity contribution >= 4 is 23.3 Å². The number of aromatic nitrogens is 3. The molecule has 0 bridgehead atoms. The minimum Gasteiger partial charge on any atom is -0.450 e. The van der Waals surface area contributed by atoms with Gasteiger partial charge in [-0.15, -0.1) is 0 Å². The third-order valence-electron chi connectivity index (χ3n) is 3.65. The van der Waals surface area contributed by atoms with Gasteiger partial charge in [-0.25, -0.2) is 0 Å². The fraction of sp³-hybridized carbons (Fsp3) is 0.400. The van der Waals surface area contributed by atoms with Gasteiger partial charge in [-0.3, -0.25) is 19.8 Å². The van der Waals surface area contributed by atoms with Gasteiger partial charge < -0.3 is 15.5 Å². The summed E-state index contributed by atoms with van der Waals surface area (Å²) in [6.07, 6.45) is 7.03. The van der Waals surface area contributed by atoms with E-state index in [1.165, 1.54) is 12.4 Å². The number of H-pyrrole nitrogens is 1. The first-order valence-electron chi connectivity index (χ1n) is 7.51. The smallest absolute Gasteiger partial charge is 0.298 e. The van der Waals surface area contributed by atoms with Gasteiger partial charge in [0.1, 0.15) is 0 Å². The summed E-state index contributed by atoms with van der Waals surface area (Å²) in [7, 11) is 0. The SMILES string of the molecule is N=CC(C=NC1CCNCC1)Oc1nc2cnccc2c(=O)[nH]1. The first-order chi connectivity index (χ1) is 11.3. The normalized spacial score (nSPS) is 17.4. The first kappa shape index (κ1) is 15.3. The summed E-state index contributed by atoms with van der Waals surface area (Å²) in [5.74, 6) is 0. The molecule has 1 aliphatic heterocycles. The summed E-state index contributed by atoms with van der Waals surface area (Å²) in [6.45, 7) is 1.90. The monoisotopic (exact) mass is 314 g/mol. The Morgan fingerprint density at radius 1 is 1.43 bits per heavy atom. The number of fused-ring (bicyclic) bond motifs is 1. The van der Waals surface area contributed by atoms with Gasteiger partial charge in [0.05, 0.1) is 23.1 Å². The Morgan fingerprint density at radius 2 is 2.26 bits per heavy atom. The van der Waals surface area contributed by atoms with E-state index in [2.05, 4.69) is 25.3 Å². The number of aromatic amines is 1. The molecule has 0 saturated carbocycles. The van der Waals surface area contributed by atoms with Crippen molar-refractivity contribution in [2.45, 2.75) is 25.0 Å². The average molecular weight is 314 g/mol. The lowest BCUT2D eigenvalue weighted by Crippen LogP contribution is -2.31. The second-order valence-corrected chi connectivity index (χ2v) is 5.29. The maximum absolute atomic E-state index is 12.0. The Morgan fingerprint density at radius 3 is 3.04 bits per heavy atom. The largest absolute Gasteiger partial charge is 0.450 e. The maximum atomic E-state index is 12.0. The summed E-state index contributed by atoms with van der Waals surface area (Å²) in [5, 5.41) is 11.2. The van der Waals surface area contributed by atoms with E-state index in [1.54, 1.807) is 12.3 Å². The predicted octanol–water partition coefficient (Wildman–Crippen LogP) is 0.538. The highest BCUT2D eigenvalue weighted by atomic mass is 16.5. The summed E-state index contributed by atoms with van der Waals surface area (Å²) < 4.78 is 5.54. The van der Waals surface area contributed by atoms with Gasteiger partial charge in [-0.05, 0) is 32.0 Å². The van der Waals surface area contributed by atoms with Crippen molar-refractivity contribution in [1.82, 2.24) is 20.3 Å². The topological polar surface area (TPSA) is 116 Å². The quantitative estimate of drug-likeness (QED) is 0.696. The average Bonchev–Trinajstić information content (AvgIpc) is 2.59. The van der Waals surface area contributed by atoms with Gasteiger partial charge in [0.2, 0.25) is 0 Å². The lowest BCUT2D eigenvalue weighted by atomic mass is 10.1. The molecule has 3 heterocycles. The van der Waals surface area contributed by atoms with Crippen molar-refractivity contribution in [3.05, 3.63) is 28.8 Å². The standard InChI is InChI=1S/C15H18N6O2/c16-7-11(8-19-10-1-4-17-5-2-10)23-15-20-13-9-18-6-3-12(13)14(22)21-15/h3,6-11,16-17H,1-2,4-5H2,(H,20,21,22). The van der Waals surface area contributed by atoms with E-state index in [0.717, 1.165) is 32.1 Å². The molecule has 1 saturated heterocycles. The second kappa shape index (κ2) is 7.10. The van der Waals surface area contributed by atoms with E-state index in [4.69, 9.17) is 10.1 Å². The molecule has 1 atom stereocenters. The Balaban J connectivity index is 1.74. The molecular formula is C15H18N6O2. The zero-order valence-electron chi connectivity index (χ0n) is 12.5. The van der Waals surface area contributed by atoms with Gasteiger partial charge in [0.25, 0.3) is 11.6 Å². The molecule has 2 aromatic rings. The fourth-order valence-electron chi connectivity index (χ4n) is 2.42. The third kappa shape index (κ3) is 3.78. The number of ether oxygens (including phenoxy) is 1. The number of rotatable bonds is 5. The summed E-state index contributed by atoms with van der Waals surface area (Å²) in [6, 6.07) is 1.90. The number of nitrogens with zero attached hydrogens (tertiary/aromatic N) is 3. The molecule has 0 radical (unpaired) electrons. The zero-order chi connectivity index (χ0) is 16.1. The van der Waals surface area contributed by atoms with Crippen LogP contribution in [0.15, 0.2) is 28.2 Å². The van der Waals surface area contributed by atoms with Gasteiger partial charge in [0.15, 0.2) is 6.10 Å². The summed E-state index contributed by atoms with van der Waals surface area (Å²) in [4.78, 5) is 27.1. The molecule has 0 spiro atoms. The van der Waals surface area contributed by atoms with E-state index in [1.807, 2.05) is 0 Å². The molecule has 3 rings (SSSR count). The summed E-state index contributed by atoms with van der Waals surface area (Å²) in [5.41, 5.74) is 0.150. The highest BCUT2D eigenvalue weighted by Gasteiger charge is 2.13. The molecule has 1 unspecified atom stereocenters. The van der Waals surface area contributed by atoms with Crippen molar-refractivity contribution in [1.29, 1.82) is 5.41 Å². The number of pyridine rings is 1. The van der Waals surface area contributed by atoms with Gasteiger partial charge >= 0.3 is 0 Å². The van der Waals surface area contributed by atoms with Gasteiger partial charge in [-0.2, -0.15) is 4.98 Å². The number of hydrogen-bond acceptors (Lipinski definition) is 7. The summed E-state index contributed by atoms with van der Waals surface area (Å²) >= 11 is 0. The zero-order valence-corrected chi connectivity index (χ0v) is 12.5. The van der Waals surface area contributed by atoms with Crippen molar-refractivity contribution < 1.29 is 4.74 Å².